The summed E-state index contributed by atoms with van der Waals surface area (Å²) in [6.45, 7) is 1.98. The number of halogens is 2. The van der Waals surface area contributed by atoms with Crippen molar-refractivity contribution in [3.05, 3.63) is 10.4 Å². The molecule has 1 aromatic heterocycles. The number of hydrogen-bond donors (Lipinski definition) is 7. The van der Waals surface area contributed by atoms with Gasteiger partial charge in [0.1, 0.15) is 11.9 Å². The summed E-state index contributed by atoms with van der Waals surface area (Å²) < 4.78 is 0. The summed E-state index contributed by atoms with van der Waals surface area (Å²) in [5.74, 6) is -0.416. The molecule has 2 heterocycles. The number of nitrogens with one attached hydrogen (secondary N) is 2. The zero-order chi connectivity index (χ0) is 19.4. The van der Waals surface area contributed by atoms with Crippen LogP contribution in [0.4, 0.5) is 17.5 Å². The van der Waals surface area contributed by atoms with Gasteiger partial charge in [0.25, 0.3) is 0 Å². The molecule has 4 unspecified atom stereocenters. The van der Waals surface area contributed by atoms with Gasteiger partial charge in [-0.2, -0.15) is 4.98 Å². The van der Waals surface area contributed by atoms with Crippen molar-refractivity contribution < 1.29 is 15.0 Å². The monoisotopic (exact) mass is 441 g/mol. The summed E-state index contributed by atoms with van der Waals surface area (Å²) in [5.41, 5.74) is 16.2. The molecule has 0 fully saturated rings. The molecule has 0 spiro atoms. The molecule has 4 atom stereocenters. The van der Waals surface area contributed by atoms with E-state index in [1.165, 1.54) is 6.92 Å². The first kappa shape index (κ1) is 26.4. The second-order valence-electron chi connectivity index (χ2n) is 6.43. The standard InChI is InChI=1S/C15H27N7O4.2ClH/c1-7(23)11(24)9-6-19-12-10(13(25)21-15(18)20-12)22(9)14(26)8(17)4-2-3-5-16;;/h7-9,11,23-24H,2-6,16-17H2,1H3,(H4,18,19,20,21,25);2*1H. The molecule has 1 aromatic rings. The van der Waals surface area contributed by atoms with Crippen LogP contribution < -0.4 is 33.0 Å². The van der Waals surface area contributed by atoms with Crippen LogP contribution in [0.2, 0.25) is 0 Å². The van der Waals surface area contributed by atoms with Gasteiger partial charge in [0, 0.05) is 6.54 Å². The van der Waals surface area contributed by atoms with Crippen molar-refractivity contribution in [2.45, 2.75) is 50.5 Å². The van der Waals surface area contributed by atoms with Crippen LogP contribution in [0.5, 0.6) is 0 Å². The van der Waals surface area contributed by atoms with Crippen molar-refractivity contribution in [3.63, 3.8) is 0 Å². The zero-order valence-corrected chi connectivity index (χ0v) is 17.1. The lowest BCUT2D eigenvalue weighted by atomic mass is 9.99. The number of aromatic amines is 1. The van der Waals surface area contributed by atoms with Crippen LogP contribution in [0.25, 0.3) is 0 Å². The molecule has 2 rings (SSSR count). The fourth-order valence-corrected chi connectivity index (χ4v) is 2.98. The molecule has 0 aromatic carbocycles. The van der Waals surface area contributed by atoms with Gasteiger partial charge in [-0.05, 0) is 26.3 Å². The molecule has 0 bridgehead atoms. The first-order valence-corrected chi connectivity index (χ1v) is 8.56. The van der Waals surface area contributed by atoms with E-state index in [1.54, 1.807) is 0 Å². The van der Waals surface area contributed by atoms with Crippen molar-refractivity contribution in [1.29, 1.82) is 0 Å². The molecule has 13 heteroatoms. The van der Waals surface area contributed by atoms with Gasteiger partial charge >= 0.3 is 5.56 Å². The number of nitrogens with two attached hydrogens (primary N) is 3. The molecule has 1 amide bonds. The van der Waals surface area contributed by atoms with Gasteiger partial charge in [0.05, 0.1) is 18.2 Å². The number of hydrogen-bond acceptors (Lipinski definition) is 9. The van der Waals surface area contributed by atoms with Gasteiger partial charge in [-0.25, -0.2) is 0 Å². The highest BCUT2D eigenvalue weighted by Gasteiger charge is 2.41. The Kier molecular flexibility index (Phi) is 10.7. The smallest absolute Gasteiger partial charge is 0.300 e. The van der Waals surface area contributed by atoms with Gasteiger partial charge in [0.15, 0.2) is 5.69 Å². The Labute approximate surface area is 174 Å². The van der Waals surface area contributed by atoms with Crippen molar-refractivity contribution in [1.82, 2.24) is 9.97 Å². The normalized spacial score (nSPS) is 18.6. The molecule has 162 valence electrons. The molecular formula is C15H29Cl2N7O4. The number of H-pyrrole nitrogens is 1. The van der Waals surface area contributed by atoms with E-state index in [-0.39, 0.29) is 48.8 Å². The van der Waals surface area contributed by atoms with E-state index in [1.807, 2.05) is 0 Å². The summed E-state index contributed by atoms with van der Waals surface area (Å²) in [7, 11) is 0. The van der Waals surface area contributed by atoms with Crippen molar-refractivity contribution >= 4 is 48.2 Å². The Morgan fingerprint density at radius 1 is 1.36 bits per heavy atom. The van der Waals surface area contributed by atoms with Crippen LogP contribution in [0.15, 0.2) is 4.79 Å². The highest BCUT2D eigenvalue weighted by Crippen LogP contribution is 2.29. The number of rotatable bonds is 7. The lowest BCUT2D eigenvalue weighted by Gasteiger charge is -2.40. The number of aliphatic hydroxyl groups is 2. The number of unbranched alkanes of at least 4 members (excludes halogenated alkanes) is 1. The Bertz CT molecular complexity index is 703. The number of nitrogens with zero attached hydrogens (tertiary/aromatic N) is 2. The summed E-state index contributed by atoms with van der Waals surface area (Å²) in [6.07, 6.45) is -0.645. The summed E-state index contributed by atoms with van der Waals surface area (Å²) >= 11 is 0. The summed E-state index contributed by atoms with van der Waals surface area (Å²) in [5, 5.41) is 23.0. The SMILES string of the molecule is CC(O)C(O)C1CNc2[nH]c(N)nc(=O)c2N1C(=O)C(N)CCCCN.Cl.Cl. The molecular weight excluding hydrogens is 413 g/mol. The quantitative estimate of drug-likeness (QED) is 0.246. The highest BCUT2D eigenvalue weighted by molar-refractivity contribution is 6.00. The number of amides is 1. The van der Waals surface area contributed by atoms with E-state index in [2.05, 4.69) is 15.3 Å². The van der Waals surface area contributed by atoms with E-state index < -0.39 is 35.8 Å². The average molecular weight is 442 g/mol. The van der Waals surface area contributed by atoms with Gasteiger partial charge in [-0.1, -0.05) is 6.42 Å². The van der Waals surface area contributed by atoms with Crippen molar-refractivity contribution in [3.8, 4) is 0 Å². The molecule has 0 saturated heterocycles. The van der Waals surface area contributed by atoms with E-state index in [9.17, 15) is 19.8 Å². The molecule has 10 N–H and O–H groups in total. The summed E-state index contributed by atoms with van der Waals surface area (Å²) in [4.78, 5) is 32.8. The van der Waals surface area contributed by atoms with E-state index in [0.717, 1.165) is 11.3 Å². The predicted octanol–water partition coefficient (Wildman–Crippen LogP) is -1.48. The van der Waals surface area contributed by atoms with Crippen LogP contribution in [0, 0.1) is 0 Å². The first-order chi connectivity index (χ1) is 12.3. The van der Waals surface area contributed by atoms with Crippen LogP contribution >= 0.6 is 24.8 Å². The number of aliphatic hydroxyl groups excluding tert-OH is 2. The third-order valence-corrected chi connectivity index (χ3v) is 4.39. The fourth-order valence-electron chi connectivity index (χ4n) is 2.98. The number of anilines is 3. The molecule has 0 aliphatic carbocycles. The zero-order valence-electron chi connectivity index (χ0n) is 15.5. The Morgan fingerprint density at radius 3 is 2.57 bits per heavy atom. The van der Waals surface area contributed by atoms with Crippen LogP contribution in [-0.4, -0.2) is 63.5 Å². The van der Waals surface area contributed by atoms with Crippen molar-refractivity contribution in [2.24, 2.45) is 11.5 Å². The lowest BCUT2D eigenvalue weighted by molar-refractivity contribution is -0.121. The second-order valence-corrected chi connectivity index (χ2v) is 6.43. The maximum atomic E-state index is 13.0. The third kappa shape index (κ3) is 5.69. The molecule has 28 heavy (non-hydrogen) atoms. The maximum Gasteiger partial charge on any atom is 0.300 e. The molecule has 11 nitrogen and oxygen atoms in total. The molecule has 1 aliphatic rings. The van der Waals surface area contributed by atoms with Gasteiger partial charge in [-0.3, -0.25) is 14.5 Å². The third-order valence-electron chi connectivity index (χ3n) is 4.39. The Morgan fingerprint density at radius 2 is 2.00 bits per heavy atom. The number of carbonyl (C=O) groups excluding carboxylic acids is 1. The van der Waals surface area contributed by atoms with E-state index in [0.29, 0.717) is 19.4 Å². The topological polar surface area (TPSA) is 197 Å². The van der Waals surface area contributed by atoms with Crippen LogP contribution in [0.3, 0.4) is 0 Å². The number of aromatic nitrogens is 2. The first-order valence-electron chi connectivity index (χ1n) is 8.56. The number of nitrogen functional groups attached to an aromatic ring is 1. The van der Waals surface area contributed by atoms with Crippen LogP contribution in [0.1, 0.15) is 26.2 Å². The van der Waals surface area contributed by atoms with E-state index >= 15 is 0 Å². The second kappa shape index (κ2) is 11.4. The number of carbonyl (C=O) groups is 1. The van der Waals surface area contributed by atoms with Gasteiger partial charge in [0.2, 0.25) is 11.9 Å². The van der Waals surface area contributed by atoms with Crippen molar-refractivity contribution in [2.75, 3.05) is 29.0 Å². The largest absolute Gasteiger partial charge is 0.391 e. The Balaban J connectivity index is 0.00000364. The molecule has 1 aliphatic heterocycles. The fraction of sp³-hybridized carbons (Fsp3) is 0.667. The minimum atomic E-state index is -1.28. The van der Waals surface area contributed by atoms with Gasteiger partial charge in [-0.15, -0.1) is 24.8 Å². The lowest BCUT2D eigenvalue weighted by Crippen LogP contribution is -2.61. The van der Waals surface area contributed by atoms with Crippen LogP contribution in [-0.2, 0) is 4.79 Å². The Hall–Kier alpha value is -1.63. The minimum Gasteiger partial charge on any atom is -0.391 e. The average Bonchev–Trinajstić information content (AvgIpc) is 2.59. The predicted molar refractivity (Wildman–Crippen MR) is 112 cm³/mol. The molecule has 0 radical (unpaired) electrons. The molecule has 0 saturated carbocycles. The minimum absolute atomic E-state index is 0. The highest BCUT2D eigenvalue weighted by atomic mass is 35.5. The van der Waals surface area contributed by atoms with E-state index in [4.69, 9.17) is 17.2 Å². The number of fused-ring (bicyclic) bond motifs is 1. The maximum absolute atomic E-state index is 13.0. The van der Waals surface area contributed by atoms with Gasteiger partial charge < -0.3 is 37.7 Å². The summed E-state index contributed by atoms with van der Waals surface area (Å²) in [6, 6.07) is -1.77.